The summed E-state index contributed by atoms with van der Waals surface area (Å²) in [6, 6.07) is 0. The Kier molecular flexibility index (Phi) is 2.45. The molecular weight excluding hydrogens is 248 g/mol. The predicted octanol–water partition coefficient (Wildman–Crippen LogP) is 0.888. The van der Waals surface area contributed by atoms with E-state index in [-0.39, 0.29) is 17.6 Å². The highest BCUT2D eigenvalue weighted by molar-refractivity contribution is 6.19. The van der Waals surface area contributed by atoms with Gasteiger partial charge in [0.2, 0.25) is 0 Å². The molecule has 5 atom stereocenters. The van der Waals surface area contributed by atoms with Gasteiger partial charge in [-0.2, -0.15) is 0 Å². The van der Waals surface area contributed by atoms with Crippen molar-refractivity contribution in [3.05, 3.63) is 0 Å². The molecule has 4 nitrogen and oxygen atoms in total. The first-order valence-electron chi connectivity index (χ1n) is 6.78. The van der Waals surface area contributed by atoms with Crippen LogP contribution in [0.3, 0.4) is 0 Å². The summed E-state index contributed by atoms with van der Waals surface area (Å²) in [5, 5.41) is 10.2. The molecule has 1 N–H and O–H groups in total. The maximum absolute atomic E-state index is 10.2. The van der Waals surface area contributed by atoms with Gasteiger partial charge >= 0.3 is 10.0 Å². The molecule has 3 saturated heterocycles. The molecule has 3 aliphatic heterocycles. The van der Waals surface area contributed by atoms with E-state index in [1.54, 1.807) is 0 Å². The molecule has 0 amide bonds. The molecule has 18 heavy (non-hydrogen) atoms. The van der Waals surface area contributed by atoms with E-state index in [1.807, 2.05) is 0 Å². The largest absolute Gasteiger partial charge is 0.393 e. The van der Waals surface area contributed by atoms with Gasteiger partial charge in [-0.1, -0.05) is 20.8 Å². The molecule has 0 saturated carbocycles. The normalized spacial score (nSPS) is 57.0. The molecule has 3 heterocycles. The maximum Gasteiger partial charge on any atom is 0.305 e. The van der Waals surface area contributed by atoms with Crippen LogP contribution in [0.2, 0.25) is 0 Å². The zero-order chi connectivity index (χ0) is 13.4. The second-order valence-electron chi connectivity index (χ2n) is 7.50. The molecule has 3 fully saturated rings. The van der Waals surface area contributed by atoms with Crippen molar-refractivity contribution >= 4 is 10.0 Å². The van der Waals surface area contributed by atoms with Gasteiger partial charge < -0.3 is 18.7 Å². The van der Waals surface area contributed by atoms with Crippen molar-refractivity contribution in [2.75, 3.05) is 0 Å². The lowest BCUT2D eigenvalue weighted by Gasteiger charge is -2.49. The van der Waals surface area contributed by atoms with E-state index in [0.717, 1.165) is 0 Å². The Hall–Kier alpha value is 0.0569. The molecule has 104 valence electrons. The fourth-order valence-electron chi connectivity index (χ4n) is 4.80. The average molecular weight is 272 g/mol. The van der Waals surface area contributed by atoms with Crippen molar-refractivity contribution in [2.24, 2.45) is 5.41 Å². The first kappa shape index (κ1) is 13.1. The van der Waals surface area contributed by atoms with Gasteiger partial charge in [0, 0.05) is 12.8 Å². The highest BCUT2D eigenvalue weighted by Crippen LogP contribution is 2.63. The van der Waals surface area contributed by atoms with E-state index in [9.17, 15) is 5.11 Å². The Morgan fingerprint density at radius 2 is 1.89 bits per heavy atom. The number of hydrogen-bond acceptors (Lipinski definition) is 4. The minimum Gasteiger partial charge on any atom is -0.393 e. The van der Waals surface area contributed by atoms with E-state index >= 15 is 0 Å². The molecule has 0 aromatic heterocycles. The van der Waals surface area contributed by atoms with Crippen LogP contribution in [0.1, 0.15) is 47.5 Å². The SMILES string of the molecule is CC12CC(O)CC(C)(O1)C1(C(C)(C)C)O[SiH2]OC21. The van der Waals surface area contributed by atoms with Gasteiger partial charge in [0.15, 0.2) is 0 Å². The summed E-state index contributed by atoms with van der Waals surface area (Å²) in [5.74, 6) is 0. The monoisotopic (exact) mass is 272 g/mol. The van der Waals surface area contributed by atoms with Crippen molar-refractivity contribution in [1.29, 1.82) is 0 Å². The molecule has 0 aliphatic carbocycles. The predicted molar refractivity (Wildman–Crippen MR) is 69.8 cm³/mol. The summed E-state index contributed by atoms with van der Waals surface area (Å²) in [5.41, 5.74) is -1.36. The summed E-state index contributed by atoms with van der Waals surface area (Å²) in [6.45, 7) is 10.7. The third-order valence-corrected chi connectivity index (χ3v) is 6.11. The second-order valence-corrected chi connectivity index (χ2v) is 8.36. The lowest BCUT2D eigenvalue weighted by atomic mass is 9.64. The van der Waals surface area contributed by atoms with E-state index in [2.05, 4.69) is 34.6 Å². The number of fused-ring (bicyclic) bond motifs is 5. The van der Waals surface area contributed by atoms with Gasteiger partial charge in [-0.15, -0.1) is 0 Å². The fraction of sp³-hybridized carbons (Fsp3) is 1.00. The Balaban J connectivity index is 2.17. The van der Waals surface area contributed by atoms with Crippen LogP contribution >= 0.6 is 0 Å². The van der Waals surface area contributed by atoms with Crippen molar-refractivity contribution in [3.8, 4) is 0 Å². The minimum absolute atomic E-state index is 0.0428. The molecule has 5 heteroatoms. The fourth-order valence-corrected chi connectivity index (χ4v) is 6.67. The van der Waals surface area contributed by atoms with E-state index in [1.165, 1.54) is 0 Å². The van der Waals surface area contributed by atoms with Gasteiger partial charge in [0.25, 0.3) is 0 Å². The van der Waals surface area contributed by atoms with E-state index < -0.39 is 26.8 Å². The summed E-state index contributed by atoms with van der Waals surface area (Å²) < 4.78 is 18.6. The van der Waals surface area contributed by atoms with Crippen LogP contribution in [-0.4, -0.2) is 44.1 Å². The lowest BCUT2D eigenvalue weighted by Crippen LogP contribution is -2.62. The Morgan fingerprint density at radius 1 is 1.22 bits per heavy atom. The van der Waals surface area contributed by atoms with Crippen LogP contribution in [0.4, 0.5) is 0 Å². The topological polar surface area (TPSA) is 47.9 Å². The summed E-state index contributed by atoms with van der Waals surface area (Å²) in [7, 11) is -0.940. The highest BCUT2D eigenvalue weighted by atomic mass is 28.3. The van der Waals surface area contributed by atoms with Crippen LogP contribution in [0.25, 0.3) is 0 Å². The maximum atomic E-state index is 10.2. The molecule has 0 aromatic rings. The van der Waals surface area contributed by atoms with Crippen molar-refractivity contribution in [2.45, 2.75) is 76.5 Å². The van der Waals surface area contributed by atoms with Gasteiger partial charge in [-0.25, -0.2) is 0 Å². The summed E-state index contributed by atoms with van der Waals surface area (Å²) >= 11 is 0. The summed E-state index contributed by atoms with van der Waals surface area (Å²) in [4.78, 5) is 0. The van der Waals surface area contributed by atoms with Gasteiger partial charge in [0.05, 0.1) is 17.3 Å². The Morgan fingerprint density at radius 3 is 2.50 bits per heavy atom. The molecule has 3 aliphatic rings. The first-order chi connectivity index (χ1) is 8.15. The molecule has 2 bridgehead atoms. The minimum atomic E-state index is -0.940. The smallest absolute Gasteiger partial charge is 0.305 e. The summed E-state index contributed by atoms with van der Waals surface area (Å²) in [6.07, 6.45) is 0.906. The van der Waals surface area contributed by atoms with E-state index in [4.69, 9.17) is 13.6 Å². The average Bonchev–Trinajstić information content (AvgIpc) is 2.63. The Bertz CT molecular complexity index is 382. The van der Waals surface area contributed by atoms with Crippen molar-refractivity contribution in [3.63, 3.8) is 0 Å². The number of aliphatic hydroxyl groups excluding tert-OH is 1. The zero-order valence-electron chi connectivity index (χ0n) is 11.9. The number of rotatable bonds is 0. The molecule has 5 unspecified atom stereocenters. The van der Waals surface area contributed by atoms with Crippen molar-refractivity contribution < 1.29 is 18.7 Å². The van der Waals surface area contributed by atoms with Gasteiger partial charge in [-0.3, -0.25) is 0 Å². The standard InChI is InChI=1S/C13H24O4Si/c1-10(2,3)13-9(15-18-17-13)11(4)6-8(14)7-12(13,5)16-11/h8-9,14H,6-7,18H2,1-5H3. The quantitative estimate of drug-likeness (QED) is 0.665. The third-order valence-electron chi connectivity index (χ3n) is 5.07. The van der Waals surface area contributed by atoms with Gasteiger partial charge in [-0.05, 0) is 19.3 Å². The van der Waals surface area contributed by atoms with Crippen LogP contribution in [0, 0.1) is 5.41 Å². The molecular formula is C13H24O4Si. The second kappa shape index (κ2) is 3.38. The molecule has 3 rings (SSSR count). The van der Waals surface area contributed by atoms with Crippen LogP contribution in [0.15, 0.2) is 0 Å². The molecule has 0 radical (unpaired) electrons. The Labute approximate surface area is 111 Å². The number of ether oxygens (including phenoxy) is 1. The molecule has 0 spiro atoms. The van der Waals surface area contributed by atoms with Crippen LogP contribution in [-0.2, 0) is 13.6 Å². The van der Waals surface area contributed by atoms with Crippen LogP contribution in [0.5, 0.6) is 0 Å². The number of aliphatic hydroxyl groups is 1. The first-order valence-corrected chi connectivity index (χ1v) is 7.94. The van der Waals surface area contributed by atoms with Crippen LogP contribution < -0.4 is 0 Å². The van der Waals surface area contributed by atoms with Gasteiger partial charge in [0.1, 0.15) is 11.7 Å². The van der Waals surface area contributed by atoms with E-state index in [0.29, 0.717) is 12.8 Å². The lowest BCUT2D eigenvalue weighted by molar-refractivity contribution is -0.207. The highest BCUT2D eigenvalue weighted by Gasteiger charge is 2.77. The van der Waals surface area contributed by atoms with Crippen molar-refractivity contribution in [1.82, 2.24) is 0 Å². The molecule has 0 aromatic carbocycles. The zero-order valence-corrected chi connectivity index (χ0v) is 13.4. The number of hydrogen-bond donors (Lipinski definition) is 1. The third kappa shape index (κ3) is 1.29.